The molecule has 0 spiro atoms. The van der Waals surface area contributed by atoms with Crippen LogP contribution in [-0.4, -0.2) is 39.9 Å². The normalized spacial score (nSPS) is 11.1. The largest absolute Gasteiger partial charge is 0.493 e. The first-order valence-electron chi connectivity index (χ1n) is 10.7. The third-order valence-corrected chi connectivity index (χ3v) is 5.72. The van der Waals surface area contributed by atoms with E-state index < -0.39 is 0 Å². The maximum absolute atomic E-state index is 13.8. The summed E-state index contributed by atoms with van der Waals surface area (Å²) in [7, 11) is 1.70. The number of amides is 1. The minimum absolute atomic E-state index is 0.197. The van der Waals surface area contributed by atoms with Crippen LogP contribution in [0.5, 0.6) is 5.75 Å². The summed E-state index contributed by atoms with van der Waals surface area (Å²) in [5, 5.41) is 18.0. The molecule has 0 aliphatic heterocycles. The Bertz CT molecular complexity index is 1350. The second-order valence-corrected chi connectivity index (χ2v) is 8.01. The second kappa shape index (κ2) is 8.90. The Labute approximate surface area is 191 Å². The van der Waals surface area contributed by atoms with Crippen LogP contribution in [0.15, 0.2) is 48.8 Å². The molecule has 4 aromatic rings. The molecular weight excluding hydrogens is 423 g/mol. The first-order chi connectivity index (χ1) is 15.8. The van der Waals surface area contributed by atoms with E-state index >= 15 is 0 Å². The number of pyridine rings is 1. The number of nitrogens with one attached hydrogen (secondary N) is 1. The van der Waals surface area contributed by atoms with Gasteiger partial charge in [-0.25, -0.2) is 4.39 Å². The highest BCUT2D eigenvalue weighted by Gasteiger charge is 2.23. The molecule has 0 saturated heterocycles. The molecule has 0 fully saturated rings. The number of aromatic nitrogens is 3. The molecule has 0 aliphatic rings. The van der Waals surface area contributed by atoms with Crippen molar-refractivity contribution in [3.05, 3.63) is 77.0 Å². The summed E-state index contributed by atoms with van der Waals surface area (Å²) in [6.45, 7) is 6.16. The Morgan fingerprint density at radius 3 is 2.79 bits per heavy atom. The topological polar surface area (TPSA) is 82.3 Å². The lowest BCUT2D eigenvalue weighted by molar-refractivity contribution is -0.908. The SMILES string of the molecule is CCOc1cc(C(=O)N(C)Cc2c[n+](O)c(C)c3cn[nH]c23)c(C)cc1-c1cccc(F)c1. The molecule has 2 aromatic heterocycles. The average Bonchev–Trinajstić information content (AvgIpc) is 3.28. The predicted molar refractivity (Wildman–Crippen MR) is 122 cm³/mol. The molecule has 4 rings (SSSR count). The molecule has 0 radical (unpaired) electrons. The maximum atomic E-state index is 13.8. The molecule has 0 atom stereocenters. The Morgan fingerprint density at radius 1 is 1.27 bits per heavy atom. The minimum atomic E-state index is -0.336. The fourth-order valence-corrected chi connectivity index (χ4v) is 3.97. The van der Waals surface area contributed by atoms with Crippen LogP contribution in [0.1, 0.15) is 34.1 Å². The molecule has 7 nitrogen and oxygen atoms in total. The molecule has 1 amide bonds. The van der Waals surface area contributed by atoms with Gasteiger partial charge in [0.05, 0.1) is 35.8 Å². The third kappa shape index (κ3) is 4.24. The summed E-state index contributed by atoms with van der Waals surface area (Å²) >= 11 is 0. The quantitative estimate of drug-likeness (QED) is 0.342. The highest BCUT2D eigenvalue weighted by molar-refractivity contribution is 5.97. The molecule has 2 N–H and O–H groups in total. The second-order valence-electron chi connectivity index (χ2n) is 8.01. The van der Waals surface area contributed by atoms with Gasteiger partial charge in [0, 0.05) is 29.8 Å². The van der Waals surface area contributed by atoms with Crippen molar-refractivity contribution in [2.24, 2.45) is 0 Å². The monoisotopic (exact) mass is 449 g/mol. The number of fused-ring (bicyclic) bond motifs is 1. The number of rotatable bonds is 6. The van der Waals surface area contributed by atoms with Gasteiger partial charge in [-0.1, -0.05) is 12.1 Å². The summed E-state index contributed by atoms with van der Waals surface area (Å²) in [5.74, 6) is -0.0150. The maximum Gasteiger partial charge on any atom is 0.254 e. The van der Waals surface area contributed by atoms with E-state index in [1.54, 1.807) is 43.4 Å². The van der Waals surface area contributed by atoms with Crippen molar-refractivity contribution in [2.75, 3.05) is 13.7 Å². The van der Waals surface area contributed by atoms with E-state index in [4.69, 9.17) is 4.74 Å². The summed E-state index contributed by atoms with van der Waals surface area (Å²) in [6, 6.07) is 9.86. The number of nitrogens with zero attached hydrogens (tertiary/aromatic N) is 3. The van der Waals surface area contributed by atoms with Gasteiger partial charge in [0.25, 0.3) is 5.91 Å². The number of hydrogen-bond donors (Lipinski definition) is 2. The van der Waals surface area contributed by atoms with Crippen molar-refractivity contribution in [1.29, 1.82) is 0 Å². The van der Waals surface area contributed by atoms with Gasteiger partial charge >= 0.3 is 0 Å². The van der Waals surface area contributed by atoms with E-state index in [0.29, 0.717) is 29.2 Å². The molecule has 0 bridgehead atoms. The van der Waals surface area contributed by atoms with Crippen LogP contribution in [0, 0.1) is 19.7 Å². The number of carbonyl (C=O) groups excluding carboxylic acids is 1. The Morgan fingerprint density at radius 2 is 2.06 bits per heavy atom. The molecule has 0 saturated carbocycles. The van der Waals surface area contributed by atoms with E-state index in [9.17, 15) is 14.4 Å². The Kier molecular flexibility index (Phi) is 6.00. The minimum Gasteiger partial charge on any atom is -0.493 e. The van der Waals surface area contributed by atoms with Crippen LogP contribution in [0.2, 0.25) is 0 Å². The van der Waals surface area contributed by atoms with Gasteiger partial charge in [0.1, 0.15) is 11.6 Å². The van der Waals surface area contributed by atoms with Crippen molar-refractivity contribution in [3.63, 3.8) is 0 Å². The standard InChI is InChI=1S/C25H25FN4O3/c1-5-33-23-11-20(15(2)9-21(23)17-7-6-8-19(26)10-17)25(31)29(4)13-18-14-30(32)16(3)22-12-27-28-24(18)22/h6-12,14,32H,5,13H2,1-4H3/p+1. The van der Waals surface area contributed by atoms with Crippen molar-refractivity contribution in [1.82, 2.24) is 15.1 Å². The summed E-state index contributed by atoms with van der Waals surface area (Å²) in [5.41, 5.74) is 4.81. The van der Waals surface area contributed by atoms with Crippen LogP contribution in [0.25, 0.3) is 22.0 Å². The number of ether oxygens (including phenoxy) is 1. The average molecular weight is 450 g/mol. The van der Waals surface area contributed by atoms with Crippen LogP contribution in [0.4, 0.5) is 4.39 Å². The molecule has 0 aliphatic carbocycles. The van der Waals surface area contributed by atoms with Gasteiger partial charge in [-0.3, -0.25) is 15.1 Å². The number of halogens is 1. The number of aryl methyl sites for hydroxylation is 2. The molecular formula is C25H26FN4O3+. The first kappa shape index (κ1) is 22.3. The predicted octanol–water partition coefficient (Wildman–Crippen LogP) is 4.18. The van der Waals surface area contributed by atoms with E-state index in [1.165, 1.54) is 12.1 Å². The van der Waals surface area contributed by atoms with E-state index in [-0.39, 0.29) is 18.3 Å². The highest BCUT2D eigenvalue weighted by atomic mass is 19.1. The highest BCUT2D eigenvalue weighted by Crippen LogP contribution is 2.34. The number of H-pyrrole nitrogens is 1. The summed E-state index contributed by atoms with van der Waals surface area (Å²) in [4.78, 5) is 14.9. The summed E-state index contributed by atoms with van der Waals surface area (Å²) in [6.07, 6.45) is 3.22. The van der Waals surface area contributed by atoms with Gasteiger partial charge in [-0.05, 0) is 49.2 Å². The van der Waals surface area contributed by atoms with Gasteiger partial charge in [0.15, 0.2) is 0 Å². The number of benzene rings is 2. The third-order valence-electron chi connectivity index (χ3n) is 5.72. The molecule has 0 unspecified atom stereocenters. The molecule has 2 aromatic carbocycles. The van der Waals surface area contributed by atoms with E-state index in [0.717, 1.165) is 32.3 Å². The molecule has 2 heterocycles. The smallest absolute Gasteiger partial charge is 0.254 e. The van der Waals surface area contributed by atoms with Gasteiger partial charge < -0.3 is 9.64 Å². The summed E-state index contributed by atoms with van der Waals surface area (Å²) < 4.78 is 20.7. The lowest BCUT2D eigenvalue weighted by atomic mass is 9.97. The van der Waals surface area contributed by atoms with Gasteiger partial charge in [0.2, 0.25) is 11.9 Å². The lowest BCUT2D eigenvalue weighted by Gasteiger charge is -2.20. The Hall–Kier alpha value is -3.94. The first-order valence-corrected chi connectivity index (χ1v) is 10.7. The van der Waals surface area contributed by atoms with Crippen molar-refractivity contribution >= 4 is 16.8 Å². The number of hydrogen-bond acceptors (Lipinski definition) is 4. The Balaban J connectivity index is 1.69. The molecule has 170 valence electrons. The molecule has 8 heteroatoms. The van der Waals surface area contributed by atoms with Crippen LogP contribution in [-0.2, 0) is 6.54 Å². The van der Waals surface area contributed by atoms with E-state index in [2.05, 4.69) is 10.2 Å². The number of aromatic amines is 1. The molecule has 33 heavy (non-hydrogen) atoms. The van der Waals surface area contributed by atoms with Gasteiger partial charge in [-0.15, -0.1) is 0 Å². The van der Waals surface area contributed by atoms with E-state index in [1.807, 2.05) is 26.0 Å². The van der Waals surface area contributed by atoms with Crippen molar-refractivity contribution < 1.29 is 23.9 Å². The zero-order chi connectivity index (χ0) is 23.7. The zero-order valence-corrected chi connectivity index (χ0v) is 19.0. The van der Waals surface area contributed by atoms with Crippen LogP contribution in [0.3, 0.4) is 0 Å². The zero-order valence-electron chi connectivity index (χ0n) is 19.0. The lowest BCUT2D eigenvalue weighted by Crippen LogP contribution is -2.35. The van der Waals surface area contributed by atoms with Crippen molar-refractivity contribution in [2.45, 2.75) is 27.3 Å². The fourth-order valence-electron chi connectivity index (χ4n) is 3.97. The fraction of sp³-hybridized carbons (Fsp3) is 0.240. The number of carbonyl (C=O) groups is 1. The van der Waals surface area contributed by atoms with Crippen molar-refractivity contribution in [3.8, 4) is 16.9 Å². The van der Waals surface area contributed by atoms with Gasteiger partial charge in [-0.2, -0.15) is 5.10 Å². The van der Waals surface area contributed by atoms with Crippen LogP contribution >= 0.6 is 0 Å². The van der Waals surface area contributed by atoms with Crippen LogP contribution < -0.4 is 9.47 Å².